The van der Waals surface area contributed by atoms with Crippen LogP contribution in [-0.4, -0.2) is 35.1 Å². The minimum Gasteiger partial charge on any atom is -0.392 e. The Morgan fingerprint density at radius 1 is 1.00 bits per heavy atom. The normalized spacial score (nSPS) is 25.3. The molecule has 2 fully saturated rings. The Balaban J connectivity index is 1.53. The molecule has 142 valence electrons. The van der Waals surface area contributed by atoms with Gasteiger partial charge >= 0.3 is 0 Å². The molecular weight excluding hydrogens is 334 g/mol. The molecular formula is C24H29NO2. The summed E-state index contributed by atoms with van der Waals surface area (Å²) in [6, 6.07) is 20.7. The molecule has 0 bridgehead atoms. The lowest BCUT2D eigenvalue weighted by Crippen LogP contribution is -2.49. The van der Waals surface area contributed by atoms with Crippen LogP contribution in [0.5, 0.6) is 0 Å². The molecule has 1 aliphatic heterocycles. The van der Waals surface area contributed by atoms with Crippen molar-refractivity contribution >= 4 is 5.91 Å². The monoisotopic (exact) mass is 363 g/mol. The molecule has 0 radical (unpaired) electrons. The lowest BCUT2D eigenvalue weighted by molar-refractivity contribution is -0.136. The van der Waals surface area contributed by atoms with Crippen molar-refractivity contribution in [2.24, 2.45) is 5.41 Å². The number of carbonyl (C=O) groups is 1. The van der Waals surface area contributed by atoms with E-state index in [0.717, 1.165) is 45.2 Å². The standard InChI is InChI=1S/C24H29NO2/c26-22-13-7-14-24(22)15-8-16-25(18-24)23(27)17-21(19-9-3-1-4-10-19)20-11-5-2-6-12-20/h1-6,9-12,21-22,26H,7-8,13-18H2/t22-,24+/m1/s1. The Morgan fingerprint density at radius 2 is 1.59 bits per heavy atom. The van der Waals surface area contributed by atoms with Crippen molar-refractivity contribution in [1.29, 1.82) is 0 Å². The van der Waals surface area contributed by atoms with Crippen LogP contribution < -0.4 is 0 Å². The molecule has 1 saturated heterocycles. The highest BCUT2D eigenvalue weighted by molar-refractivity contribution is 5.78. The smallest absolute Gasteiger partial charge is 0.223 e. The van der Waals surface area contributed by atoms with Crippen LogP contribution in [0.25, 0.3) is 0 Å². The second-order valence-electron chi connectivity index (χ2n) is 8.27. The SMILES string of the molecule is O=C(CC(c1ccccc1)c1ccccc1)N1CCC[C@@]2(CCC[C@H]2O)C1. The number of piperidine rings is 1. The topological polar surface area (TPSA) is 40.5 Å². The number of benzene rings is 2. The van der Waals surface area contributed by atoms with Crippen molar-refractivity contribution in [1.82, 2.24) is 4.90 Å². The van der Waals surface area contributed by atoms with E-state index in [1.54, 1.807) is 0 Å². The number of rotatable bonds is 4. The van der Waals surface area contributed by atoms with E-state index in [9.17, 15) is 9.90 Å². The van der Waals surface area contributed by atoms with Crippen molar-refractivity contribution in [3.05, 3.63) is 71.8 Å². The van der Waals surface area contributed by atoms with Crippen molar-refractivity contribution in [2.45, 2.75) is 50.5 Å². The number of aliphatic hydroxyl groups excluding tert-OH is 1. The summed E-state index contributed by atoms with van der Waals surface area (Å²) in [7, 11) is 0. The quantitative estimate of drug-likeness (QED) is 0.877. The van der Waals surface area contributed by atoms with Gasteiger partial charge in [0.1, 0.15) is 0 Å². The molecule has 4 rings (SSSR count). The number of hydrogen-bond donors (Lipinski definition) is 1. The predicted octanol–water partition coefficient (Wildman–Crippen LogP) is 4.36. The van der Waals surface area contributed by atoms with Gasteiger partial charge in [0, 0.05) is 30.8 Å². The van der Waals surface area contributed by atoms with E-state index < -0.39 is 0 Å². The maximum Gasteiger partial charge on any atom is 0.223 e. The van der Waals surface area contributed by atoms with E-state index in [0.29, 0.717) is 6.42 Å². The third-order valence-electron chi connectivity index (χ3n) is 6.60. The summed E-state index contributed by atoms with van der Waals surface area (Å²) in [5.41, 5.74) is 2.32. The van der Waals surface area contributed by atoms with Crippen LogP contribution in [0.4, 0.5) is 0 Å². The molecule has 1 spiro atoms. The molecule has 3 heteroatoms. The number of likely N-dealkylation sites (tertiary alicyclic amines) is 1. The molecule has 2 aliphatic rings. The van der Waals surface area contributed by atoms with E-state index in [1.165, 1.54) is 11.1 Å². The van der Waals surface area contributed by atoms with Gasteiger partial charge in [0.25, 0.3) is 0 Å². The first-order valence-corrected chi connectivity index (χ1v) is 10.2. The molecule has 1 N–H and O–H groups in total. The lowest BCUT2D eigenvalue weighted by Gasteiger charge is -2.43. The van der Waals surface area contributed by atoms with Crippen LogP contribution in [0.2, 0.25) is 0 Å². The summed E-state index contributed by atoms with van der Waals surface area (Å²) in [5, 5.41) is 10.5. The second-order valence-corrected chi connectivity index (χ2v) is 8.27. The number of aliphatic hydroxyl groups is 1. The molecule has 1 heterocycles. The molecule has 2 aromatic rings. The van der Waals surface area contributed by atoms with E-state index >= 15 is 0 Å². The van der Waals surface area contributed by atoms with E-state index in [1.807, 2.05) is 41.3 Å². The van der Waals surface area contributed by atoms with Crippen LogP contribution >= 0.6 is 0 Å². The van der Waals surface area contributed by atoms with Gasteiger partial charge in [0.05, 0.1) is 6.10 Å². The fraction of sp³-hybridized carbons (Fsp3) is 0.458. The first-order valence-electron chi connectivity index (χ1n) is 10.2. The Morgan fingerprint density at radius 3 is 2.15 bits per heavy atom. The van der Waals surface area contributed by atoms with Gasteiger partial charge in [0.15, 0.2) is 0 Å². The highest BCUT2D eigenvalue weighted by Crippen LogP contribution is 2.45. The lowest BCUT2D eigenvalue weighted by atomic mass is 9.76. The van der Waals surface area contributed by atoms with Gasteiger partial charge in [-0.25, -0.2) is 0 Å². The Labute approximate surface area is 162 Å². The molecule has 2 atom stereocenters. The zero-order chi connectivity index (χ0) is 18.7. The zero-order valence-electron chi connectivity index (χ0n) is 15.9. The van der Waals surface area contributed by atoms with Crippen LogP contribution in [0.15, 0.2) is 60.7 Å². The third kappa shape index (κ3) is 3.79. The van der Waals surface area contributed by atoms with E-state index in [2.05, 4.69) is 24.3 Å². The number of amides is 1. The van der Waals surface area contributed by atoms with Crippen molar-refractivity contribution in [3.8, 4) is 0 Å². The average molecular weight is 364 g/mol. The molecule has 2 aromatic carbocycles. The summed E-state index contributed by atoms with van der Waals surface area (Å²) >= 11 is 0. The second kappa shape index (κ2) is 7.85. The number of hydrogen-bond acceptors (Lipinski definition) is 2. The number of carbonyl (C=O) groups excluding carboxylic acids is 1. The minimum atomic E-state index is -0.243. The van der Waals surface area contributed by atoms with Crippen LogP contribution in [0, 0.1) is 5.41 Å². The third-order valence-corrected chi connectivity index (χ3v) is 6.60. The fourth-order valence-electron chi connectivity index (χ4n) is 5.07. The molecule has 0 aromatic heterocycles. The first kappa shape index (κ1) is 18.2. The molecule has 1 amide bonds. The molecule has 1 saturated carbocycles. The minimum absolute atomic E-state index is 0.0527. The number of nitrogens with zero attached hydrogens (tertiary/aromatic N) is 1. The molecule has 1 aliphatic carbocycles. The van der Waals surface area contributed by atoms with Gasteiger partial charge in [-0.05, 0) is 36.8 Å². The zero-order valence-corrected chi connectivity index (χ0v) is 15.9. The summed E-state index contributed by atoms with van der Waals surface area (Å²) in [6.07, 6.45) is 5.33. The largest absolute Gasteiger partial charge is 0.392 e. The van der Waals surface area contributed by atoms with Crippen LogP contribution in [-0.2, 0) is 4.79 Å². The van der Waals surface area contributed by atoms with Crippen molar-refractivity contribution < 1.29 is 9.90 Å². The van der Waals surface area contributed by atoms with Gasteiger partial charge in [0.2, 0.25) is 5.91 Å². The Bertz CT molecular complexity index is 721. The van der Waals surface area contributed by atoms with Gasteiger partial charge in [-0.15, -0.1) is 0 Å². The van der Waals surface area contributed by atoms with Crippen LogP contribution in [0.1, 0.15) is 55.6 Å². The molecule has 0 unspecified atom stereocenters. The molecule has 3 nitrogen and oxygen atoms in total. The van der Waals surface area contributed by atoms with Gasteiger partial charge in [-0.2, -0.15) is 0 Å². The Hall–Kier alpha value is -2.13. The predicted molar refractivity (Wildman–Crippen MR) is 107 cm³/mol. The fourth-order valence-corrected chi connectivity index (χ4v) is 5.07. The average Bonchev–Trinajstić information content (AvgIpc) is 3.06. The Kier molecular flexibility index (Phi) is 5.31. The van der Waals surface area contributed by atoms with E-state index in [4.69, 9.17) is 0 Å². The maximum absolute atomic E-state index is 13.2. The highest BCUT2D eigenvalue weighted by Gasteiger charge is 2.45. The first-order chi connectivity index (χ1) is 13.2. The summed E-state index contributed by atoms with van der Waals surface area (Å²) < 4.78 is 0. The van der Waals surface area contributed by atoms with Gasteiger partial charge in [-0.3, -0.25) is 4.79 Å². The van der Waals surface area contributed by atoms with Crippen molar-refractivity contribution in [3.63, 3.8) is 0 Å². The summed E-state index contributed by atoms with van der Waals surface area (Å²) in [5.74, 6) is 0.289. The highest BCUT2D eigenvalue weighted by atomic mass is 16.3. The van der Waals surface area contributed by atoms with Gasteiger partial charge < -0.3 is 10.0 Å². The summed E-state index contributed by atoms with van der Waals surface area (Å²) in [4.78, 5) is 15.3. The van der Waals surface area contributed by atoms with E-state index in [-0.39, 0.29) is 23.3 Å². The molecule has 27 heavy (non-hydrogen) atoms. The van der Waals surface area contributed by atoms with Crippen LogP contribution in [0.3, 0.4) is 0 Å². The van der Waals surface area contributed by atoms with Crippen molar-refractivity contribution in [2.75, 3.05) is 13.1 Å². The maximum atomic E-state index is 13.2. The van der Waals surface area contributed by atoms with Gasteiger partial charge in [-0.1, -0.05) is 67.1 Å². The summed E-state index contributed by atoms with van der Waals surface area (Å²) in [6.45, 7) is 1.55.